The third kappa shape index (κ3) is 2.89. The number of hydrogen-bond donors (Lipinski definition) is 0. The Morgan fingerprint density at radius 3 is 2.53 bits per heavy atom. The van der Waals surface area contributed by atoms with Crippen molar-refractivity contribution in [2.45, 2.75) is 27.3 Å². The summed E-state index contributed by atoms with van der Waals surface area (Å²) in [5, 5.41) is 1.23. The topological polar surface area (TPSA) is 13.1 Å². The summed E-state index contributed by atoms with van der Waals surface area (Å²) in [6.07, 6.45) is 0. The molecular formula is C14H18INO. The van der Waals surface area contributed by atoms with Gasteiger partial charge in [-0.1, -0.05) is 0 Å². The van der Waals surface area contributed by atoms with Gasteiger partial charge in [0.25, 0.3) is 0 Å². The summed E-state index contributed by atoms with van der Waals surface area (Å²) in [6.45, 7) is 8.02. The molecule has 3 heteroatoms. The number of benzene rings is 1. The molecule has 0 N–H and O–H groups in total. The van der Waals surface area contributed by atoms with E-state index in [-0.39, 0.29) is 24.0 Å². The Balaban J connectivity index is 0.00000144. The summed E-state index contributed by atoms with van der Waals surface area (Å²) in [7, 11) is 0. The molecule has 0 bridgehead atoms. The van der Waals surface area contributed by atoms with E-state index in [1.165, 1.54) is 16.6 Å². The molecule has 17 heavy (non-hydrogen) atoms. The first-order valence-electron chi connectivity index (χ1n) is 5.82. The van der Waals surface area contributed by atoms with Crippen molar-refractivity contribution in [2.24, 2.45) is 0 Å². The number of fused-ring (bicyclic) bond motifs is 1. The molecule has 2 aromatic rings. The summed E-state index contributed by atoms with van der Waals surface area (Å²) < 4.78 is 7.82. The van der Waals surface area contributed by atoms with Crippen LogP contribution in [0.25, 0.3) is 10.9 Å². The van der Waals surface area contributed by atoms with Crippen molar-refractivity contribution in [3.05, 3.63) is 36.0 Å². The van der Waals surface area contributed by atoms with Crippen LogP contribution in [0, 0.1) is 6.92 Å². The zero-order valence-corrected chi connectivity index (χ0v) is 12.7. The Labute approximate surface area is 120 Å². The summed E-state index contributed by atoms with van der Waals surface area (Å²) in [6, 6.07) is 10.6. The minimum absolute atomic E-state index is 0. The minimum atomic E-state index is 0. The quantitative estimate of drug-likeness (QED) is 0.559. The number of hydrogen-bond acceptors (Lipinski definition) is 1. The highest BCUT2D eigenvalue weighted by molar-refractivity contribution is 5.77. The molecule has 0 aliphatic rings. The maximum atomic E-state index is 5.51. The van der Waals surface area contributed by atoms with Crippen LogP contribution in [0.3, 0.4) is 0 Å². The summed E-state index contributed by atoms with van der Waals surface area (Å²) >= 11 is 0. The van der Waals surface area contributed by atoms with Gasteiger partial charge in [0.15, 0.2) is 5.69 Å². The highest BCUT2D eigenvalue weighted by atomic mass is 127. The standard InChI is InChI=1S/C14H18NO.HI/c1-4-15-11(3)6-7-12-10-13(16-5-2)8-9-14(12)15;/h6-10H,4-5H2,1-3H3;1H/q+1;/p-1. The fraction of sp³-hybridized carbons (Fsp3) is 0.357. The van der Waals surface area contributed by atoms with Gasteiger partial charge < -0.3 is 28.7 Å². The van der Waals surface area contributed by atoms with Gasteiger partial charge in [-0.05, 0) is 32.0 Å². The maximum absolute atomic E-state index is 5.51. The summed E-state index contributed by atoms with van der Waals surface area (Å²) in [5.74, 6) is 0.946. The SMILES string of the molecule is CCOc1ccc2c(ccc(C)[n+]2CC)c1.[I-]. The van der Waals surface area contributed by atoms with Crippen molar-refractivity contribution in [1.29, 1.82) is 0 Å². The van der Waals surface area contributed by atoms with Crippen molar-refractivity contribution >= 4 is 10.9 Å². The first kappa shape index (κ1) is 14.2. The molecule has 0 saturated carbocycles. The molecule has 0 radical (unpaired) electrons. The van der Waals surface area contributed by atoms with E-state index < -0.39 is 0 Å². The Morgan fingerprint density at radius 1 is 1.12 bits per heavy atom. The molecule has 0 aliphatic heterocycles. The van der Waals surface area contributed by atoms with Crippen LogP contribution in [0.5, 0.6) is 5.75 Å². The van der Waals surface area contributed by atoms with E-state index >= 15 is 0 Å². The second kappa shape index (κ2) is 6.19. The highest BCUT2D eigenvalue weighted by Gasteiger charge is 2.10. The second-order valence-electron chi connectivity index (χ2n) is 3.87. The van der Waals surface area contributed by atoms with E-state index in [9.17, 15) is 0 Å². The number of pyridine rings is 1. The molecule has 0 unspecified atom stereocenters. The van der Waals surface area contributed by atoms with Crippen LogP contribution in [0.2, 0.25) is 0 Å². The Kier molecular flexibility index (Phi) is 5.18. The molecule has 1 aromatic heterocycles. The third-order valence-electron chi connectivity index (χ3n) is 2.85. The van der Waals surface area contributed by atoms with Gasteiger partial charge in [0.05, 0.1) is 12.0 Å². The summed E-state index contributed by atoms with van der Waals surface area (Å²) in [4.78, 5) is 0. The van der Waals surface area contributed by atoms with E-state index in [4.69, 9.17) is 4.74 Å². The summed E-state index contributed by atoms with van der Waals surface area (Å²) in [5.41, 5.74) is 2.56. The molecule has 0 atom stereocenters. The fourth-order valence-corrected chi connectivity index (χ4v) is 2.08. The predicted octanol–water partition coefficient (Wildman–Crippen LogP) is -0.142. The smallest absolute Gasteiger partial charge is 0.212 e. The van der Waals surface area contributed by atoms with E-state index in [1.807, 2.05) is 13.0 Å². The number of aryl methyl sites for hydroxylation is 2. The van der Waals surface area contributed by atoms with Crippen molar-refractivity contribution in [1.82, 2.24) is 0 Å². The molecule has 1 heterocycles. The van der Waals surface area contributed by atoms with E-state index in [1.54, 1.807) is 0 Å². The highest BCUT2D eigenvalue weighted by Crippen LogP contribution is 2.18. The molecule has 0 saturated heterocycles. The lowest BCUT2D eigenvalue weighted by Crippen LogP contribution is -3.00. The molecule has 0 fully saturated rings. The predicted molar refractivity (Wildman–Crippen MR) is 65.7 cm³/mol. The van der Waals surface area contributed by atoms with Crippen LogP contribution in [0.1, 0.15) is 19.5 Å². The number of aromatic nitrogens is 1. The van der Waals surface area contributed by atoms with Crippen LogP contribution in [-0.2, 0) is 6.54 Å². The van der Waals surface area contributed by atoms with Crippen LogP contribution in [0.15, 0.2) is 30.3 Å². The van der Waals surface area contributed by atoms with Gasteiger partial charge in [-0.2, -0.15) is 4.57 Å². The lowest BCUT2D eigenvalue weighted by molar-refractivity contribution is -0.673. The maximum Gasteiger partial charge on any atom is 0.212 e. The third-order valence-corrected chi connectivity index (χ3v) is 2.85. The average molecular weight is 343 g/mol. The van der Waals surface area contributed by atoms with Gasteiger partial charge in [0, 0.05) is 19.1 Å². The number of rotatable bonds is 3. The van der Waals surface area contributed by atoms with Gasteiger partial charge in [-0.3, -0.25) is 0 Å². The van der Waals surface area contributed by atoms with Crippen molar-refractivity contribution in [3.63, 3.8) is 0 Å². The van der Waals surface area contributed by atoms with Crippen molar-refractivity contribution in [2.75, 3.05) is 6.61 Å². The van der Waals surface area contributed by atoms with Crippen LogP contribution in [-0.4, -0.2) is 6.61 Å². The molecule has 0 aliphatic carbocycles. The van der Waals surface area contributed by atoms with Crippen LogP contribution in [0.4, 0.5) is 0 Å². The second-order valence-corrected chi connectivity index (χ2v) is 3.87. The molecule has 1 aromatic carbocycles. The average Bonchev–Trinajstić information content (AvgIpc) is 2.30. The monoisotopic (exact) mass is 343 g/mol. The van der Waals surface area contributed by atoms with Gasteiger partial charge >= 0.3 is 0 Å². The molecule has 0 amide bonds. The normalized spacial score (nSPS) is 10.1. The van der Waals surface area contributed by atoms with Gasteiger partial charge in [0.1, 0.15) is 12.3 Å². The Hall–Kier alpha value is -0.840. The van der Waals surface area contributed by atoms with Crippen molar-refractivity contribution in [3.8, 4) is 5.75 Å². The lowest BCUT2D eigenvalue weighted by atomic mass is 10.2. The van der Waals surface area contributed by atoms with Gasteiger partial charge in [0.2, 0.25) is 5.52 Å². The van der Waals surface area contributed by atoms with E-state index in [0.717, 1.165) is 12.3 Å². The zero-order chi connectivity index (χ0) is 11.5. The van der Waals surface area contributed by atoms with E-state index in [2.05, 4.69) is 42.7 Å². The largest absolute Gasteiger partial charge is 1.00 e. The van der Waals surface area contributed by atoms with E-state index in [0.29, 0.717) is 6.61 Å². The molecular weight excluding hydrogens is 325 g/mol. The molecule has 2 rings (SSSR count). The molecule has 92 valence electrons. The van der Waals surface area contributed by atoms with Crippen LogP contribution < -0.4 is 33.3 Å². The van der Waals surface area contributed by atoms with Gasteiger partial charge in [-0.15, -0.1) is 0 Å². The van der Waals surface area contributed by atoms with Crippen molar-refractivity contribution < 1.29 is 33.3 Å². The number of halogens is 1. The minimum Gasteiger partial charge on any atom is -1.00 e. The van der Waals surface area contributed by atoms with Gasteiger partial charge in [-0.25, -0.2) is 0 Å². The van der Waals surface area contributed by atoms with Crippen LogP contribution >= 0.6 is 0 Å². The number of ether oxygens (including phenoxy) is 1. The Bertz CT molecular complexity index is 511. The Morgan fingerprint density at radius 2 is 1.88 bits per heavy atom. The number of nitrogens with zero attached hydrogens (tertiary/aromatic N) is 1. The molecule has 0 spiro atoms. The first-order valence-corrected chi connectivity index (χ1v) is 5.82. The zero-order valence-electron chi connectivity index (χ0n) is 10.5. The molecule has 2 nitrogen and oxygen atoms in total. The lowest BCUT2D eigenvalue weighted by Gasteiger charge is -2.05. The fourth-order valence-electron chi connectivity index (χ4n) is 2.08. The first-order chi connectivity index (χ1) is 7.76.